The number of nitrogens with one attached hydrogen (secondary N) is 2. The number of anilines is 1. The monoisotopic (exact) mass is 514 g/mol. The van der Waals surface area contributed by atoms with Gasteiger partial charge in [0.1, 0.15) is 4.90 Å². The summed E-state index contributed by atoms with van der Waals surface area (Å²) in [6, 6.07) is 4.83. The number of nitrogens with zero attached hydrogens (tertiary/aromatic N) is 4. The van der Waals surface area contributed by atoms with Crippen molar-refractivity contribution >= 4 is 38.5 Å². The van der Waals surface area contributed by atoms with Crippen molar-refractivity contribution in [2.24, 2.45) is 7.05 Å². The van der Waals surface area contributed by atoms with E-state index in [0.717, 1.165) is 14.2 Å². The molecule has 3 aromatic heterocycles. The number of hydrogen-bond donors (Lipinski definition) is 2. The maximum atomic E-state index is 13.2. The number of methoxy groups -OCH3 is 2. The number of benzene rings is 1. The summed E-state index contributed by atoms with van der Waals surface area (Å²) in [5.74, 6) is -1.96. The minimum Gasteiger partial charge on any atom is -0.478 e. The molecule has 4 rings (SSSR count). The molecule has 15 heteroatoms. The molecular weight excluding hydrogens is 498 g/mol. The van der Waals surface area contributed by atoms with Crippen LogP contribution in [0.5, 0.6) is 17.5 Å². The van der Waals surface area contributed by atoms with Crippen LogP contribution in [0.2, 0.25) is 5.02 Å². The largest absolute Gasteiger partial charge is 0.478 e. The Morgan fingerprint density at radius 2 is 1.82 bits per heavy atom. The van der Waals surface area contributed by atoms with E-state index in [9.17, 15) is 17.2 Å². The van der Waals surface area contributed by atoms with Gasteiger partial charge in [-0.25, -0.2) is 13.1 Å². The molecule has 4 aromatic rings. The van der Waals surface area contributed by atoms with Crippen LogP contribution in [0.15, 0.2) is 35.5 Å². The van der Waals surface area contributed by atoms with Gasteiger partial charge in [-0.2, -0.15) is 23.8 Å². The number of hydrogen-bond acceptors (Lipinski definition) is 8. The lowest BCUT2D eigenvalue weighted by atomic mass is 10.1. The number of aryl methyl sites for hydroxylation is 1. The van der Waals surface area contributed by atoms with Gasteiger partial charge in [-0.1, -0.05) is 11.6 Å². The van der Waals surface area contributed by atoms with Crippen molar-refractivity contribution in [2.75, 3.05) is 18.9 Å². The number of fused-ring (bicyclic) bond motifs is 1. The summed E-state index contributed by atoms with van der Waals surface area (Å²) in [4.78, 5) is 10.4. The molecule has 180 valence electrons. The fourth-order valence-corrected chi connectivity index (χ4v) is 4.64. The molecule has 0 saturated heterocycles. The van der Waals surface area contributed by atoms with Gasteiger partial charge in [0.15, 0.2) is 0 Å². The van der Waals surface area contributed by atoms with Crippen molar-refractivity contribution in [3.05, 3.63) is 35.6 Å². The number of ether oxygens (including phenoxy) is 3. The molecule has 0 aliphatic rings. The zero-order valence-corrected chi connectivity index (χ0v) is 19.4. The standard InChI is InChI=1S/C19H17ClF2N6O5S/c1-28-7-6-11(26-28)13-10(20)5-4-9-12(8-23-14(9)13)34(29,30)27-19-24-16(31-2)15(33-18(21)22)17(25-19)32-3/h4-8,18,23H,1-3H3,(H,24,25,27). The minimum atomic E-state index is -4.26. The number of rotatable bonds is 8. The predicted molar refractivity (Wildman–Crippen MR) is 118 cm³/mol. The summed E-state index contributed by atoms with van der Waals surface area (Å²) < 4.78 is 69.8. The fourth-order valence-electron chi connectivity index (χ4n) is 3.27. The second-order valence-electron chi connectivity index (χ2n) is 6.75. The third kappa shape index (κ3) is 4.28. The Labute approximate surface area is 196 Å². The van der Waals surface area contributed by atoms with Crippen LogP contribution in [0.4, 0.5) is 14.7 Å². The van der Waals surface area contributed by atoms with Crippen LogP contribution in [0, 0.1) is 0 Å². The molecule has 0 aliphatic heterocycles. The molecule has 0 atom stereocenters. The Kier molecular flexibility index (Phi) is 6.18. The van der Waals surface area contributed by atoms with E-state index in [2.05, 4.69) is 29.5 Å². The van der Waals surface area contributed by atoms with E-state index in [4.69, 9.17) is 21.1 Å². The number of sulfonamides is 1. The third-order valence-corrected chi connectivity index (χ3v) is 6.33. The average molecular weight is 515 g/mol. The van der Waals surface area contributed by atoms with Gasteiger partial charge in [-0.05, 0) is 18.2 Å². The second-order valence-corrected chi connectivity index (χ2v) is 8.81. The maximum Gasteiger partial charge on any atom is 0.387 e. The van der Waals surface area contributed by atoms with E-state index >= 15 is 0 Å². The molecule has 0 spiro atoms. The number of aromatic amines is 1. The van der Waals surface area contributed by atoms with Crippen molar-refractivity contribution in [3.8, 4) is 28.8 Å². The zero-order valence-electron chi connectivity index (χ0n) is 17.8. The number of halogens is 3. The van der Waals surface area contributed by atoms with Crippen molar-refractivity contribution in [1.29, 1.82) is 0 Å². The maximum absolute atomic E-state index is 13.2. The Hall–Kier alpha value is -3.65. The van der Waals surface area contributed by atoms with Gasteiger partial charge >= 0.3 is 6.61 Å². The van der Waals surface area contributed by atoms with Crippen molar-refractivity contribution < 1.29 is 31.4 Å². The first-order valence-corrected chi connectivity index (χ1v) is 11.3. The number of alkyl halides is 2. The van der Waals surface area contributed by atoms with Crippen LogP contribution in [0.1, 0.15) is 0 Å². The van der Waals surface area contributed by atoms with Gasteiger partial charge in [0.05, 0.1) is 30.5 Å². The molecule has 0 bridgehead atoms. The van der Waals surface area contributed by atoms with E-state index in [1.165, 1.54) is 12.3 Å². The fraction of sp³-hybridized carbons (Fsp3) is 0.211. The highest BCUT2D eigenvalue weighted by Crippen LogP contribution is 2.38. The van der Waals surface area contributed by atoms with Crippen molar-refractivity contribution in [2.45, 2.75) is 11.5 Å². The highest BCUT2D eigenvalue weighted by molar-refractivity contribution is 7.93. The highest BCUT2D eigenvalue weighted by atomic mass is 35.5. The van der Waals surface area contributed by atoms with E-state index < -0.39 is 40.1 Å². The molecule has 3 heterocycles. The Bertz CT molecular complexity index is 1450. The first-order chi connectivity index (χ1) is 16.1. The van der Waals surface area contributed by atoms with Gasteiger partial charge in [0.2, 0.25) is 11.7 Å². The molecule has 34 heavy (non-hydrogen) atoms. The van der Waals surface area contributed by atoms with Gasteiger partial charge in [0.25, 0.3) is 21.8 Å². The highest BCUT2D eigenvalue weighted by Gasteiger charge is 2.26. The van der Waals surface area contributed by atoms with Crippen LogP contribution in [-0.2, 0) is 17.1 Å². The summed E-state index contributed by atoms with van der Waals surface area (Å²) in [5.41, 5.74) is 1.52. The van der Waals surface area contributed by atoms with Gasteiger partial charge in [-0.15, -0.1) is 0 Å². The van der Waals surface area contributed by atoms with Crippen molar-refractivity contribution in [1.82, 2.24) is 24.7 Å². The second kappa shape index (κ2) is 8.95. The van der Waals surface area contributed by atoms with E-state index in [1.807, 2.05) is 0 Å². The summed E-state index contributed by atoms with van der Waals surface area (Å²) in [7, 11) is -0.242. The predicted octanol–water partition coefficient (Wildman–Crippen LogP) is 3.43. The zero-order chi connectivity index (χ0) is 24.6. The van der Waals surface area contributed by atoms with Gasteiger partial charge < -0.3 is 19.2 Å². The quantitative estimate of drug-likeness (QED) is 0.365. The summed E-state index contributed by atoms with van der Waals surface area (Å²) >= 11 is 6.37. The lowest BCUT2D eigenvalue weighted by Gasteiger charge is -2.14. The Morgan fingerprint density at radius 1 is 1.15 bits per heavy atom. The minimum absolute atomic E-state index is 0.134. The molecular formula is C19H17ClF2N6O5S. The van der Waals surface area contributed by atoms with Gasteiger partial charge in [0, 0.05) is 30.4 Å². The molecule has 11 nitrogen and oxygen atoms in total. The SMILES string of the molecule is COc1nc(NS(=O)(=O)c2c[nH]c3c(-c4ccn(C)n4)c(Cl)ccc23)nc(OC)c1OC(F)F. The number of aromatic nitrogens is 5. The topological polar surface area (TPSA) is 133 Å². The molecule has 0 saturated carbocycles. The molecule has 0 aliphatic carbocycles. The molecule has 0 fully saturated rings. The summed E-state index contributed by atoms with van der Waals surface area (Å²) in [5, 5.41) is 5.03. The normalized spacial score (nSPS) is 11.7. The van der Waals surface area contributed by atoms with Crippen LogP contribution in [-0.4, -0.2) is 54.0 Å². The average Bonchev–Trinajstić information content (AvgIpc) is 3.40. The van der Waals surface area contributed by atoms with E-state index in [1.54, 1.807) is 30.1 Å². The van der Waals surface area contributed by atoms with Crippen LogP contribution >= 0.6 is 11.6 Å². The first-order valence-electron chi connectivity index (χ1n) is 9.42. The molecule has 2 N–H and O–H groups in total. The lowest BCUT2D eigenvalue weighted by Crippen LogP contribution is -2.16. The third-order valence-electron chi connectivity index (χ3n) is 4.65. The first kappa shape index (κ1) is 23.5. The Balaban J connectivity index is 1.77. The molecule has 0 radical (unpaired) electrons. The van der Waals surface area contributed by atoms with E-state index in [-0.39, 0.29) is 4.90 Å². The summed E-state index contributed by atoms with van der Waals surface area (Å²) in [6.07, 6.45) is 3.00. The lowest BCUT2D eigenvalue weighted by molar-refractivity contribution is -0.0533. The van der Waals surface area contributed by atoms with Crippen LogP contribution < -0.4 is 18.9 Å². The molecule has 0 unspecified atom stereocenters. The van der Waals surface area contributed by atoms with E-state index in [0.29, 0.717) is 27.2 Å². The molecule has 1 aromatic carbocycles. The molecule has 0 amide bonds. The van der Waals surface area contributed by atoms with Gasteiger partial charge in [-0.3, -0.25) is 4.68 Å². The van der Waals surface area contributed by atoms with Crippen LogP contribution in [0.3, 0.4) is 0 Å². The van der Waals surface area contributed by atoms with Crippen LogP contribution in [0.25, 0.3) is 22.2 Å². The Morgan fingerprint density at radius 3 is 2.38 bits per heavy atom. The number of H-pyrrole nitrogens is 1. The smallest absolute Gasteiger partial charge is 0.387 e. The van der Waals surface area contributed by atoms with Crippen molar-refractivity contribution in [3.63, 3.8) is 0 Å². The summed E-state index contributed by atoms with van der Waals surface area (Å²) in [6.45, 7) is -3.21.